The van der Waals surface area contributed by atoms with Crippen LogP contribution in [0.3, 0.4) is 0 Å². The summed E-state index contributed by atoms with van der Waals surface area (Å²) in [5.41, 5.74) is -0.511. The molecule has 35 heavy (non-hydrogen) atoms. The van der Waals surface area contributed by atoms with Gasteiger partial charge in [0.15, 0.2) is 6.23 Å². The lowest BCUT2D eigenvalue weighted by Gasteiger charge is -2.16. The van der Waals surface area contributed by atoms with Crippen LogP contribution in [0.25, 0.3) is 0 Å². The molecule has 0 amide bonds. The fourth-order valence-corrected chi connectivity index (χ4v) is 4.10. The van der Waals surface area contributed by atoms with Gasteiger partial charge in [-0.1, -0.05) is 76.5 Å². The molecule has 1 aliphatic rings. The Hall–Kier alpha value is -2.41. The lowest BCUT2D eigenvalue weighted by Crippen LogP contribution is -2.33. The van der Waals surface area contributed by atoms with Gasteiger partial charge in [-0.25, -0.2) is 4.79 Å². The molecule has 0 unspecified atom stereocenters. The molecule has 0 aliphatic carbocycles. The first-order chi connectivity index (χ1) is 17.0. The number of ether oxygens (including phenoxy) is 2. The van der Waals surface area contributed by atoms with Gasteiger partial charge in [-0.15, -0.1) is 0 Å². The Morgan fingerprint density at radius 3 is 2.29 bits per heavy atom. The van der Waals surface area contributed by atoms with Crippen LogP contribution in [-0.4, -0.2) is 28.2 Å². The van der Waals surface area contributed by atoms with Crippen molar-refractivity contribution in [2.24, 2.45) is 0 Å². The second-order valence-electron chi connectivity index (χ2n) is 9.45. The lowest BCUT2D eigenvalue weighted by molar-refractivity contribution is -0.147. The van der Waals surface area contributed by atoms with E-state index in [1.54, 1.807) is 19.1 Å². The van der Waals surface area contributed by atoms with Crippen molar-refractivity contribution >= 4 is 5.97 Å². The fourth-order valence-electron chi connectivity index (χ4n) is 4.10. The maximum atomic E-state index is 12.0. The highest BCUT2D eigenvalue weighted by atomic mass is 16.6. The first kappa shape index (κ1) is 28.8. The van der Waals surface area contributed by atoms with E-state index in [2.05, 4.69) is 24.1 Å². The minimum Gasteiger partial charge on any atom is -0.463 e. The maximum absolute atomic E-state index is 12.0. The highest BCUT2D eigenvalue weighted by Gasteiger charge is 2.23. The summed E-state index contributed by atoms with van der Waals surface area (Å²) >= 11 is 0. The van der Waals surface area contributed by atoms with Gasteiger partial charge < -0.3 is 9.47 Å². The van der Waals surface area contributed by atoms with Gasteiger partial charge in [0.2, 0.25) is 0 Å². The minimum absolute atomic E-state index is 0.119. The van der Waals surface area contributed by atoms with E-state index in [4.69, 9.17) is 9.47 Å². The lowest BCUT2D eigenvalue weighted by atomic mass is 10.1. The van der Waals surface area contributed by atoms with Crippen molar-refractivity contribution in [1.29, 1.82) is 0 Å². The number of aromatic nitrogens is 2. The second kappa shape index (κ2) is 17.1. The number of H-pyrrole nitrogens is 1. The van der Waals surface area contributed by atoms with Crippen LogP contribution in [0, 0.1) is 6.92 Å². The van der Waals surface area contributed by atoms with Crippen LogP contribution in [-0.2, 0) is 14.3 Å². The smallest absolute Gasteiger partial charge is 0.330 e. The van der Waals surface area contributed by atoms with Crippen LogP contribution in [0.15, 0.2) is 40.1 Å². The number of esters is 1. The van der Waals surface area contributed by atoms with Crippen molar-refractivity contribution in [2.45, 2.75) is 116 Å². The number of rotatable bonds is 18. The molecule has 1 N–H and O–H groups in total. The molecule has 0 aromatic carbocycles. The summed E-state index contributed by atoms with van der Waals surface area (Å²) in [5.74, 6) is -0.222. The second-order valence-corrected chi connectivity index (χ2v) is 9.45. The Balaban J connectivity index is 1.45. The topological polar surface area (TPSA) is 90.4 Å². The molecule has 7 nitrogen and oxygen atoms in total. The quantitative estimate of drug-likeness (QED) is 0.158. The zero-order chi connectivity index (χ0) is 25.3. The van der Waals surface area contributed by atoms with E-state index in [1.165, 1.54) is 68.6 Å². The third-order valence-corrected chi connectivity index (χ3v) is 6.28. The first-order valence-electron chi connectivity index (χ1n) is 13.5. The zero-order valence-corrected chi connectivity index (χ0v) is 21.6. The van der Waals surface area contributed by atoms with Crippen LogP contribution in [0.1, 0.15) is 109 Å². The van der Waals surface area contributed by atoms with Gasteiger partial charge >= 0.3 is 11.7 Å². The summed E-state index contributed by atoms with van der Waals surface area (Å²) in [7, 11) is 0. The average molecular weight is 489 g/mol. The Kier molecular flexibility index (Phi) is 14.1. The largest absolute Gasteiger partial charge is 0.463 e. The summed E-state index contributed by atoms with van der Waals surface area (Å²) in [6.07, 6.45) is 24.9. The van der Waals surface area contributed by atoms with E-state index in [1.807, 2.05) is 0 Å². The van der Waals surface area contributed by atoms with E-state index in [0.717, 1.165) is 25.7 Å². The van der Waals surface area contributed by atoms with Crippen molar-refractivity contribution < 1.29 is 14.3 Å². The van der Waals surface area contributed by atoms with Crippen LogP contribution >= 0.6 is 0 Å². The number of carbonyl (C=O) groups is 1. The van der Waals surface area contributed by atoms with Crippen molar-refractivity contribution in [3.8, 4) is 0 Å². The number of hydrogen-bond acceptors (Lipinski definition) is 5. The van der Waals surface area contributed by atoms with Crippen molar-refractivity contribution in [3.05, 3.63) is 56.9 Å². The van der Waals surface area contributed by atoms with Crippen LogP contribution in [0.2, 0.25) is 0 Å². The molecule has 0 saturated carbocycles. The molecule has 0 radical (unpaired) electrons. The SMILES string of the molecule is CCCCCCCC/C=C/CCCCCCCC(=O)OC[C@@H]1C=C[C@H](n2cc(C)c(=O)[nH]c2=O)O1. The van der Waals surface area contributed by atoms with Gasteiger partial charge in [-0.3, -0.25) is 19.1 Å². The normalized spacial score (nSPS) is 17.4. The van der Waals surface area contributed by atoms with E-state index >= 15 is 0 Å². The van der Waals surface area contributed by atoms with Crippen molar-refractivity contribution in [2.75, 3.05) is 6.61 Å². The summed E-state index contributed by atoms with van der Waals surface area (Å²) in [5, 5.41) is 0. The molecule has 0 fully saturated rings. The Bertz CT molecular complexity index is 915. The van der Waals surface area contributed by atoms with Gasteiger partial charge in [0.05, 0.1) is 0 Å². The molecular weight excluding hydrogens is 444 g/mol. The molecule has 2 rings (SSSR count). The third kappa shape index (κ3) is 11.7. The number of nitrogens with zero attached hydrogens (tertiary/aromatic N) is 1. The maximum Gasteiger partial charge on any atom is 0.330 e. The molecular formula is C28H44N2O5. The predicted molar refractivity (Wildman–Crippen MR) is 140 cm³/mol. The van der Waals surface area contributed by atoms with Crippen molar-refractivity contribution in [3.63, 3.8) is 0 Å². The number of nitrogens with one attached hydrogen (secondary N) is 1. The monoisotopic (exact) mass is 488 g/mol. The molecule has 1 aromatic heterocycles. The van der Waals surface area contributed by atoms with Crippen LogP contribution < -0.4 is 11.2 Å². The predicted octanol–water partition coefficient (Wildman–Crippen LogP) is 5.88. The molecule has 196 valence electrons. The number of carbonyl (C=O) groups excluding carboxylic acids is 1. The third-order valence-electron chi connectivity index (χ3n) is 6.28. The molecule has 0 bridgehead atoms. The van der Waals surface area contributed by atoms with Gasteiger partial charge in [0, 0.05) is 18.2 Å². The van der Waals surface area contributed by atoms with Gasteiger partial charge in [-0.05, 0) is 45.1 Å². The first-order valence-corrected chi connectivity index (χ1v) is 13.5. The molecule has 0 saturated heterocycles. The van der Waals surface area contributed by atoms with E-state index in [-0.39, 0.29) is 12.6 Å². The van der Waals surface area contributed by atoms with E-state index in [9.17, 15) is 14.4 Å². The molecule has 0 spiro atoms. The van der Waals surface area contributed by atoms with Gasteiger partial charge in [-0.2, -0.15) is 0 Å². The number of aryl methyl sites for hydroxylation is 1. The standard InChI is InChI=1S/C28H44N2O5/c1-3-4-5-6-7-8-9-10-11-12-13-14-15-16-17-18-26(31)34-22-24-19-20-25(35-24)30-21-23(2)27(32)29-28(30)33/h10-11,19-21,24-25H,3-9,12-18,22H2,1-2H3,(H,29,32,33)/b11-10+/t24-,25+/m0/s1. The van der Waals surface area contributed by atoms with E-state index < -0.39 is 23.6 Å². The Labute approximate surface area is 209 Å². The number of unbranched alkanes of at least 4 members (excludes halogenated alkanes) is 11. The van der Waals surface area contributed by atoms with Gasteiger partial charge in [0.25, 0.3) is 5.56 Å². The van der Waals surface area contributed by atoms with Crippen LogP contribution in [0.4, 0.5) is 0 Å². The number of allylic oxidation sites excluding steroid dienone is 2. The van der Waals surface area contributed by atoms with Gasteiger partial charge in [0.1, 0.15) is 12.7 Å². The van der Waals surface area contributed by atoms with Crippen molar-refractivity contribution in [1.82, 2.24) is 9.55 Å². The fraction of sp³-hybridized carbons (Fsp3) is 0.679. The number of hydrogen-bond donors (Lipinski definition) is 1. The Morgan fingerprint density at radius 2 is 1.60 bits per heavy atom. The average Bonchev–Trinajstić information content (AvgIpc) is 3.31. The highest BCUT2D eigenvalue weighted by Crippen LogP contribution is 2.20. The zero-order valence-electron chi connectivity index (χ0n) is 21.6. The highest BCUT2D eigenvalue weighted by molar-refractivity contribution is 5.69. The minimum atomic E-state index is -0.618. The Morgan fingerprint density at radius 1 is 0.971 bits per heavy atom. The molecule has 2 atom stereocenters. The summed E-state index contributed by atoms with van der Waals surface area (Å²) < 4.78 is 12.4. The van der Waals surface area contributed by atoms with E-state index in [0.29, 0.717) is 12.0 Å². The molecule has 1 aliphatic heterocycles. The molecule has 7 heteroatoms. The number of aromatic amines is 1. The molecule has 1 aromatic rings. The summed E-state index contributed by atoms with van der Waals surface area (Å²) in [4.78, 5) is 37.8. The summed E-state index contributed by atoms with van der Waals surface area (Å²) in [6.45, 7) is 4.00. The molecule has 2 heterocycles. The summed E-state index contributed by atoms with van der Waals surface area (Å²) in [6, 6.07) is 0. The van der Waals surface area contributed by atoms with Crippen LogP contribution in [0.5, 0.6) is 0 Å².